The van der Waals surface area contributed by atoms with Gasteiger partial charge >= 0.3 is 141 Å². The summed E-state index contributed by atoms with van der Waals surface area (Å²) < 4.78 is 6.12. The van der Waals surface area contributed by atoms with Crippen LogP contribution < -0.4 is 21.6 Å². The van der Waals surface area contributed by atoms with Crippen LogP contribution in [-0.2, 0) is 9.49 Å². The van der Waals surface area contributed by atoms with E-state index in [1.165, 1.54) is 12.1 Å². The van der Waals surface area contributed by atoms with Crippen LogP contribution in [0.5, 0.6) is 11.5 Å². The van der Waals surface area contributed by atoms with E-state index in [-0.39, 0.29) is 23.2 Å². The van der Waals surface area contributed by atoms with Crippen molar-refractivity contribution in [2.24, 2.45) is 0 Å². The number of aromatic hydroxyl groups is 2. The van der Waals surface area contributed by atoms with Crippen LogP contribution in [-0.4, -0.2) is 31.8 Å². The van der Waals surface area contributed by atoms with Gasteiger partial charge in [-0.25, -0.2) is 0 Å². The summed E-state index contributed by atoms with van der Waals surface area (Å²) in [5.41, 5.74) is 0.818. The molecular formula is C16H22IO5-. The molecule has 2 rings (SSSR count). The van der Waals surface area contributed by atoms with E-state index in [0.29, 0.717) is 12.0 Å². The van der Waals surface area contributed by atoms with E-state index in [9.17, 15) is 20.1 Å². The van der Waals surface area contributed by atoms with Crippen molar-refractivity contribution in [1.29, 1.82) is 0 Å². The normalized spacial score (nSPS) is 21.9. The van der Waals surface area contributed by atoms with Crippen LogP contribution >= 0.6 is 0 Å². The van der Waals surface area contributed by atoms with Gasteiger partial charge < -0.3 is 0 Å². The van der Waals surface area contributed by atoms with E-state index in [2.05, 4.69) is 0 Å². The average molecular weight is 421 g/mol. The van der Waals surface area contributed by atoms with Crippen LogP contribution in [0.2, 0.25) is 0 Å². The van der Waals surface area contributed by atoms with Crippen molar-refractivity contribution in [1.82, 2.24) is 0 Å². The molecule has 1 aromatic carbocycles. The van der Waals surface area contributed by atoms with Crippen LogP contribution in [0.3, 0.4) is 0 Å². The van der Waals surface area contributed by atoms with Crippen molar-refractivity contribution in [3.8, 4) is 11.5 Å². The summed E-state index contributed by atoms with van der Waals surface area (Å²) in [6.07, 6.45) is 5.48. The van der Waals surface area contributed by atoms with Crippen LogP contribution in [0.25, 0.3) is 0 Å². The third kappa shape index (κ3) is 5.01. The van der Waals surface area contributed by atoms with Crippen LogP contribution in [0, 0.1) is 0 Å². The topological polar surface area (TPSA) is 87.0 Å². The van der Waals surface area contributed by atoms with Crippen molar-refractivity contribution >= 4 is 5.97 Å². The minimum atomic E-state index is -0.738. The zero-order valence-corrected chi connectivity index (χ0v) is 14.6. The molecule has 1 aliphatic rings. The molecule has 0 unspecified atom stereocenters. The van der Waals surface area contributed by atoms with Crippen LogP contribution in [0.15, 0.2) is 12.1 Å². The van der Waals surface area contributed by atoms with Crippen LogP contribution in [0.1, 0.15) is 54.4 Å². The van der Waals surface area contributed by atoms with E-state index >= 15 is 0 Å². The molecule has 3 N–H and O–H groups in total. The number of benzene rings is 1. The van der Waals surface area contributed by atoms with Crippen molar-refractivity contribution in [3.63, 3.8) is 0 Å². The molecule has 124 valence electrons. The number of carbonyl (C=O) groups excluding carboxylic acids is 1. The zero-order valence-electron chi connectivity index (χ0n) is 12.4. The SMILES string of the molecule is O=C1O[I-]CCC[C@@H](O)CCCCCc2cc(O)cc(O)c21. The number of rotatable bonds is 0. The maximum absolute atomic E-state index is 12.2. The Morgan fingerprint density at radius 3 is 2.68 bits per heavy atom. The fourth-order valence-corrected chi connectivity index (χ4v) is 4.09. The monoisotopic (exact) mass is 421 g/mol. The molecule has 22 heavy (non-hydrogen) atoms. The van der Waals surface area contributed by atoms with Gasteiger partial charge in [0.25, 0.3) is 0 Å². The first-order valence-corrected chi connectivity index (χ1v) is 10.0. The van der Waals surface area contributed by atoms with E-state index < -0.39 is 27.6 Å². The Morgan fingerprint density at radius 1 is 1.09 bits per heavy atom. The van der Waals surface area contributed by atoms with Crippen molar-refractivity contribution in [2.45, 2.75) is 51.0 Å². The second kappa shape index (κ2) is 8.57. The zero-order chi connectivity index (χ0) is 15.9. The molecule has 1 atom stereocenters. The maximum atomic E-state index is 12.2. The molecule has 1 heterocycles. The molecule has 0 saturated heterocycles. The van der Waals surface area contributed by atoms with E-state index in [0.717, 1.165) is 43.0 Å². The van der Waals surface area contributed by atoms with Crippen LogP contribution in [0.4, 0.5) is 0 Å². The summed E-state index contributed by atoms with van der Waals surface area (Å²) in [5.74, 6) is -0.764. The first-order valence-electron chi connectivity index (χ1n) is 7.61. The van der Waals surface area contributed by atoms with E-state index in [1.54, 1.807) is 0 Å². The molecule has 6 heteroatoms. The second-order valence-electron chi connectivity index (χ2n) is 5.56. The van der Waals surface area contributed by atoms with Gasteiger partial charge in [0, 0.05) is 0 Å². The Morgan fingerprint density at radius 2 is 1.86 bits per heavy atom. The van der Waals surface area contributed by atoms with Gasteiger partial charge in [0.05, 0.1) is 0 Å². The molecular weight excluding hydrogens is 399 g/mol. The Balaban J connectivity index is 2.16. The fraction of sp³-hybridized carbons (Fsp3) is 0.562. The molecule has 0 spiro atoms. The number of hydrogen-bond donors (Lipinski definition) is 3. The Labute approximate surface area is 141 Å². The van der Waals surface area contributed by atoms with Gasteiger partial charge in [-0.2, -0.15) is 0 Å². The summed E-state index contributed by atoms with van der Waals surface area (Å²) in [6, 6.07) is 2.70. The third-order valence-electron chi connectivity index (χ3n) is 3.74. The van der Waals surface area contributed by atoms with Gasteiger partial charge in [0.1, 0.15) is 0 Å². The number of aliphatic hydroxyl groups excluding tert-OH is 1. The fourth-order valence-electron chi connectivity index (χ4n) is 2.61. The summed E-state index contributed by atoms with van der Waals surface area (Å²) in [7, 11) is 0. The molecule has 0 saturated carbocycles. The predicted octanol–water partition coefficient (Wildman–Crippen LogP) is -0.484. The Bertz CT molecular complexity index is 518. The Kier molecular flexibility index (Phi) is 6.75. The quantitative estimate of drug-likeness (QED) is 0.389. The van der Waals surface area contributed by atoms with Crippen molar-refractivity contribution in [3.05, 3.63) is 23.3 Å². The average Bonchev–Trinajstić information content (AvgIpc) is 2.45. The molecule has 0 radical (unpaired) electrons. The Hall–Kier alpha value is -1.02. The van der Waals surface area contributed by atoms with Gasteiger partial charge in [0.15, 0.2) is 0 Å². The van der Waals surface area contributed by atoms with E-state index in [4.69, 9.17) is 3.07 Å². The molecule has 0 aromatic heterocycles. The van der Waals surface area contributed by atoms with Crippen molar-refractivity contribution in [2.75, 3.05) is 4.43 Å². The molecule has 0 fully saturated rings. The number of carbonyl (C=O) groups is 1. The summed E-state index contributed by atoms with van der Waals surface area (Å²) in [6.45, 7) is 0. The standard InChI is InChI=1S/C16H22IO5/c18-12-6-3-1-2-5-11-9-13(19)10-14(20)15(11)16(21)22-17-8-4-7-12/h9-10,12,18-20H,1-8H2/q-1/t12-/m0/s1. The number of hydrogen-bond acceptors (Lipinski definition) is 5. The number of phenolic OH excluding ortho intramolecular Hbond substituents is 2. The molecule has 1 aromatic rings. The molecule has 0 bridgehead atoms. The van der Waals surface area contributed by atoms with Gasteiger partial charge in [-0.1, -0.05) is 0 Å². The molecule has 1 aliphatic heterocycles. The molecule has 0 amide bonds. The minimum absolute atomic E-state index is 0.0460. The van der Waals surface area contributed by atoms with Gasteiger partial charge in [-0.15, -0.1) is 0 Å². The number of fused-ring (bicyclic) bond motifs is 1. The number of phenols is 2. The van der Waals surface area contributed by atoms with Gasteiger partial charge in [0.2, 0.25) is 0 Å². The van der Waals surface area contributed by atoms with E-state index in [1.807, 2.05) is 0 Å². The molecule has 0 aliphatic carbocycles. The summed E-state index contributed by atoms with van der Waals surface area (Å²) in [4.78, 5) is 12.2. The first-order chi connectivity index (χ1) is 10.6. The second-order valence-corrected chi connectivity index (χ2v) is 7.70. The first kappa shape index (κ1) is 17.3. The number of aliphatic hydroxyl groups is 1. The predicted molar refractivity (Wildman–Crippen MR) is 77.5 cm³/mol. The summed E-state index contributed by atoms with van der Waals surface area (Å²) >= 11 is -0.738. The third-order valence-corrected chi connectivity index (χ3v) is 5.66. The van der Waals surface area contributed by atoms with Crippen molar-refractivity contribution < 1.29 is 44.8 Å². The number of aryl methyl sites for hydroxylation is 1. The van der Waals surface area contributed by atoms with Gasteiger partial charge in [-0.3, -0.25) is 0 Å². The summed E-state index contributed by atoms with van der Waals surface area (Å²) in [5, 5.41) is 29.4. The number of alkyl halides is 1. The molecule has 5 nitrogen and oxygen atoms in total. The number of halogens is 1. The van der Waals surface area contributed by atoms with Gasteiger partial charge in [-0.05, 0) is 0 Å².